The van der Waals surface area contributed by atoms with Gasteiger partial charge in [-0.1, -0.05) is 86.6 Å². The summed E-state index contributed by atoms with van der Waals surface area (Å²) in [6, 6.07) is 44.8. The first kappa shape index (κ1) is 24.2. The predicted molar refractivity (Wildman–Crippen MR) is 154 cm³/mol. The zero-order chi connectivity index (χ0) is 24.7. The van der Waals surface area contributed by atoms with Crippen LogP contribution in [0.15, 0.2) is 121 Å². The fourth-order valence-electron chi connectivity index (χ4n) is 5.92. The summed E-state index contributed by atoms with van der Waals surface area (Å²) >= 11 is 0. The molecule has 0 radical (unpaired) electrons. The maximum atomic E-state index is 2.60. The van der Waals surface area contributed by atoms with Crippen LogP contribution in [-0.4, -0.2) is 12.1 Å². The number of hydrogen-bond donors (Lipinski definition) is 0. The minimum Gasteiger partial charge on any atom is -0.338 e. The first-order valence-corrected chi connectivity index (χ1v) is 13.5. The Kier molecular flexibility index (Phi) is 7.71. The van der Waals surface area contributed by atoms with Crippen LogP contribution in [0.5, 0.6) is 0 Å². The number of para-hydroxylation sites is 4. The van der Waals surface area contributed by atoms with Crippen molar-refractivity contribution in [2.75, 3.05) is 9.80 Å². The molecule has 0 saturated heterocycles. The third-order valence-corrected chi connectivity index (χ3v) is 7.79. The first-order chi connectivity index (χ1) is 17.7. The Hall–Kier alpha value is -3.52. The van der Waals surface area contributed by atoms with Gasteiger partial charge in [-0.25, -0.2) is 0 Å². The fourth-order valence-corrected chi connectivity index (χ4v) is 5.92. The molecule has 5 rings (SSSR count). The van der Waals surface area contributed by atoms with E-state index in [2.05, 4.69) is 145 Å². The van der Waals surface area contributed by atoms with Gasteiger partial charge in [-0.15, -0.1) is 0 Å². The molecule has 0 N–H and O–H groups in total. The maximum Gasteiger partial charge on any atom is 0.0413 e. The highest BCUT2D eigenvalue weighted by atomic mass is 15.2. The van der Waals surface area contributed by atoms with Gasteiger partial charge in [0.1, 0.15) is 0 Å². The molecule has 2 unspecified atom stereocenters. The third-order valence-electron chi connectivity index (χ3n) is 7.79. The molecule has 0 aliphatic heterocycles. The molecule has 4 aromatic rings. The lowest BCUT2D eigenvalue weighted by atomic mass is 9.85. The molecule has 184 valence electrons. The summed E-state index contributed by atoms with van der Waals surface area (Å²) in [6.45, 7) is 4.82. The Bertz CT molecular complexity index is 1000. The van der Waals surface area contributed by atoms with E-state index in [-0.39, 0.29) is 0 Å². The number of nitrogens with zero attached hydrogens (tertiary/aromatic N) is 2. The molecule has 0 spiro atoms. The van der Waals surface area contributed by atoms with E-state index in [1.54, 1.807) is 0 Å². The van der Waals surface area contributed by atoms with E-state index >= 15 is 0 Å². The van der Waals surface area contributed by atoms with Crippen molar-refractivity contribution in [3.05, 3.63) is 121 Å². The lowest BCUT2D eigenvalue weighted by Crippen LogP contribution is -2.33. The van der Waals surface area contributed by atoms with Crippen LogP contribution in [0, 0.1) is 11.8 Å². The summed E-state index contributed by atoms with van der Waals surface area (Å²) in [5, 5.41) is 0. The minimum absolute atomic E-state index is 0.459. The molecule has 0 bridgehead atoms. The molecule has 0 heterocycles. The highest BCUT2D eigenvalue weighted by Gasteiger charge is 2.34. The Labute approximate surface area is 217 Å². The van der Waals surface area contributed by atoms with Gasteiger partial charge in [0.25, 0.3) is 0 Å². The molecule has 4 aromatic carbocycles. The van der Waals surface area contributed by atoms with Crippen molar-refractivity contribution in [2.45, 2.75) is 51.6 Å². The van der Waals surface area contributed by atoms with Crippen LogP contribution in [0.4, 0.5) is 22.7 Å². The average Bonchev–Trinajstić information content (AvgIpc) is 3.15. The van der Waals surface area contributed by atoms with Crippen molar-refractivity contribution >= 4 is 22.7 Å². The summed E-state index contributed by atoms with van der Waals surface area (Å²) in [4.78, 5) is 5.21. The number of rotatable bonds is 7. The molecule has 1 saturated carbocycles. The zero-order valence-corrected chi connectivity index (χ0v) is 21.6. The van der Waals surface area contributed by atoms with Gasteiger partial charge in [-0.3, -0.25) is 0 Å². The zero-order valence-electron chi connectivity index (χ0n) is 21.6. The normalized spacial score (nSPS) is 20.0. The van der Waals surface area contributed by atoms with Crippen LogP contribution in [0.3, 0.4) is 0 Å². The van der Waals surface area contributed by atoms with Gasteiger partial charge in [0.2, 0.25) is 0 Å². The van der Waals surface area contributed by atoms with Gasteiger partial charge in [0.05, 0.1) is 0 Å². The van der Waals surface area contributed by atoms with Crippen LogP contribution >= 0.6 is 0 Å². The molecular weight excluding hydrogens is 436 g/mol. The van der Waals surface area contributed by atoms with E-state index in [9.17, 15) is 0 Å². The second kappa shape index (κ2) is 11.5. The van der Waals surface area contributed by atoms with E-state index in [1.165, 1.54) is 35.6 Å². The third kappa shape index (κ3) is 5.49. The van der Waals surface area contributed by atoms with Crippen molar-refractivity contribution in [1.29, 1.82) is 0 Å². The molecule has 1 aliphatic carbocycles. The quantitative estimate of drug-likeness (QED) is 0.246. The molecular formula is C34H38N2. The number of hydrogen-bond acceptors (Lipinski definition) is 2. The van der Waals surface area contributed by atoms with E-state index in [1.807, 2.05) is 0 Å². The Morgan fingerprint density at radius 2 is 0.750 bits per heavy atom. The van der Waals surface area contributed by atoms with Crippen molar-refractivity contribution in [2.24, 2.45) is 11.8 Å². The van der Waals surface area contributed by atoms with Crippen molar-refractivity contribution < 1.29 is 0 Å². The highest BCUT2D eigenvalue weighted by molar-refractivity contribution is 5.65. The molecule has 2 atom stereocenters. The summed E-state index contributed by atoms with van der Waals surface area (Å²) in [5.74, 6) is 1.28. The summed E-state index contributed by atoms with van der Waals surface area (Å²) in [6.07, 6.45) is 4.73. The standard InChI is InChI=1S/C34H38N2/c1-27(2)28-25-33(35(29-15-7-3-8-16-29)30-17-9-4-10-18-30)23-24-34(26-28)36(31-19-11-5-12-20-31)32-21-13-6-14-22-32/h3-22,27-28,33-34H,23-26H2,1-2H3. The Morgan fingerprint density at radius 3 is 1.00 bits per heavy atom. The fraction of sp³-hybridized carbons (Fsp3) is 0.294. The maximum absolute atomic E-state index is 2.60. The van der Waals surface area contributed by atoms with Crippen LogP contribution in [0.1, 0.15) is 39.5 Å². The van der Waals surface area contributed by atoms with E-state index in [0.29, 0.717) is 23.9 Å². The second-order valence-electron chi connectivity index (χ2n) is 10.4. The summed E-state index contributed by atoms with van der Waals surface area (Å²) in [7, 11) is 0. The van der Waals surface area contributed by atoms with E-state index in [0.717, 1.165) is 12.8 Å². The average molecular weight is 475 g/mol. The predicted octanol–water partition coefficient (Wildman–Crippen LogP) is 9.25. The van der Waals surface area contributed by atoms with Gasteiger partial charge < -0.3 is 9.80 Å². The van der Waals surface area contributed by atoms with Crippen LogP contribution in [-0.2, 0) is 0 Å². The molecule has 0 amide bonds. The Morgan fingerprint density at radius 1 is 0.472 bits per heavy atom. The van der Waals surface area contributed by atoms with Crippen LogP contribution in [0.2, 0.25) is 0 Å². The lowest BCUT2D eigenvalue weighted by Gasteiger charge is -2.36. The Balaban J connectivity index is 1.51. The molecule has 2 nitrogen and oxygen atoms in total. The topological polar surface area (TPSA) is 6.48 Å². The lowest BCUT2D eigenvalue weighted by molar-refractivity contribution is 0.316. The highest BCUT2D eigenvalue weighted by Crippen LogP contribution is 2.41. The van der Waals surface area contributed by atoms with Crippen LogP contribution < -0.4 is 9.80 Å². The van der Waals surface area contributed by atoms with E-state index < -0.39 is 0 Å². The molecule has 2 heteroatoms. The molecule has 1 aliphatic rings. The molecule has 36 heavy (non-hydrogen) atoms. The second-order valence-corrected chi connectivity index (χ2v) is 10.4. The molecule has 0 aromatic heterocycles. The van der Waals surface area contributed by atoms with Crippen molar-refractivity contribution in [1.82, 2.24) is 0 Å². The smallest absolute Gasteiger partial charge is 0.0413 e. The van der Waals surface area contributed by atoms with Gasteiger partial charge in [-0.2, -0.15) is 0 Å². The summed E-state index contributed by atoms with van der Waals surface area (Å²) in [5.41, 5.74) is 5.16. The molecule has 1 fully saturated rings. The largest absolute Gasteiger partial charge is 0.338 e. The van der Waals surface area contributed by atoms with Crippen molar-refractivity contribution in [3.63, 3.8) is 0 Å². The summed E-state index contributed by atoms with van der Waals surface area (Å²) < 4.78 is 0. The van der Waals surface area contributed by atoms with Crippen molar-refractivity contribution in [3.8, 4) is 0 Å². The SMILES string of the molecule is CC(C)C1CC(N(c2ccccc2)c2ccccc2)CCC(N(c2ccccc2)c2ccccc2)C1. The minimum atomic E-state index is 0.459. The van der Waals surface area contributed by atoms with Gasteiger partial charge in [-0.05, 0) is 86.1 Å². The number of anilines is 4. The first-order valence-electron chi connectivity index (χ1n) is 13.5. The van der Waals surface area contributed by atoms with Crippen LogP contribution in [0.25, 0.3) is 0 Å². The van der Waals surface area contributed by atoms with Gasteiger partial charge >= 0.3 is 0 Å². The van der Waals surface area contributed by atoms with E-state index in [4.69, 9.17) is 0 Å². The van der Waals surface area contributed by atoms with Gasteiger partial charge in [0, 0.05) is 34.8 Å². The monoisotopic (exact) mass is 474 g/mol. The van der Waals surface area contributed by atoms with Gasteiger partial charge in [0.15, 0.2) is 0 Å². The number of benzene rings is 4.